The van der Waals surface area contributed by atoms with E-state index in [1.165, 1.54) is 0 Å². The zero-order valence-electron chi connectivity index (χ0n) is 8.55. The van der Waals surface area contributed by atoms with Crippen molar-refractivity contribution in [2.24, 2.45) is 23.1 Å². The number of aliphatic hydroxyl groups excluding tert-OH is 1. The fourth-order valence-corrected chi connectivity index (χ4v) is 2.19. The maximum absolute atomic E-state index is 11.4. The number of nitrogens with zero attached hydrogens (tertiary/aromatic N) is 1. The number of aliphatic hydroxyl groups is 1. The summed E-state index contributed by atoms with van der Waals surface area (Å²) in [7, 11) is 0. The number of rotatable bonds is 3. The lowest BCUT2D eigenvalue weighted by molar-refractivity contribution is -0.142. The fourth-order valence-electron chi connectivity index (χ4n) is 2.19. The first-order chi connectivity index (χ1) is 7.38. The van der Waals surface area contributed by atoms with Gasteiger partial charge in [-0.3, -0.25) is 9.59 Å². The molecule has 1 saturated heterocycles. The molecule has 1 fully saturated rings. The molecular weight excluding hydrogens is 216 g/mol. The normalized spacial score (nSPS) is 23.1. The molecule has 0 aliphatic carbocycles. The molecule has 1 heterocycles. The van der Waals surface area contributed by atoms with Gasteiger partial charge in [0, 0.05) is 19.1 Å². The molecule has 7 N–H and O–H groups in total. The second-order valence-corrected chi connectivity index (χ2v) is 3.65. The van der Waals surface area contributed by atoms with Crippen LogP contribution < -0.4 is 17.2 Å². The first-order valence-corrected chi connectivity index (χ1v) is 4.66. The Morgan fingerprint density at radius 2 is 1.75 bits per heavy atom. The Bertz CT molecular complexity index is 329. The van der Waals surface area contributed by atoms with Crippen LogP contribution in [-0.2, 0) is 9.59 Å². The van der Waals surface area contributed by atoms with E-state index in [0.29, 0.717) is 0 Å². The lowest BCUT2D eigenvalue weighted by atomic mass is 9.83. The van der Waals surface area contributed by atoms with E-state index in [4.69, 9.17) is 22.3 Å². The van der Waals surface area contributed by atoms with E-state index in [1.807, 2.05) is 0 Å². The van der Waals surface area contributed by atoms with E-state index < -0.39 is 35.9 Å². The summed E-state index contributed by atoms with van der Waals surface area (Å²) < 4.78 is 0. The highest BCUT2D eigenvalue weighted by molar-refractivity contribution is 6.11. The Morgan fingerprint density at radius 1 is 1.25 bits per heavy atom. The molecule has 16 heavy (non-hydrogen) atoms. The lowest BCUT2D eigenvalue weighted by Gasteiger charge is -2.34. The molecule has 90 valence electrons. The second kappa shape index (κ2) is 3.97. The van der Waals surface area contributed by atoms with Crippen LogP contribution in [0.4, 0.5) is 4.79 Å². The monoisotopic (exact) mass is 230 g/mol. The van der Waals surface area contributed by atoms with Crippen LogP contribution in [0, 0.1) is 5.92 Å². The van der Waals surface area contributed by atoms with Crippen LogP contribution in [0.25, 0.3) is 0 Å². The van der Waals surface area contributed by atoms with Crippen LogP contribution in [0.3, 0.4) is 0 Å². The number of primary amides is 3. The van der Waals surface area contributed by atoms with Gasteiger partial charge in [-0.1, -0.05) is 0 Å². The Morgan fingerprint density at radius 3 is 2.06 bits per heavy atom. The van der Waals surface area contributed by atoms with Crippen molar-refractivity contribution in [3.8, 4) is 0 Å². The van der Waals surface area contributed by atoms with Gasteiger partial charge in [0.25, 0.3) is 11.8 Å². The van der Waals surface area contributed by atoms with Crippen LogP contribution in [0.5, 0.6) is 0 Å². The van der Waals surface area contributed by atoms with Crippen molar-refractivity contribution >= 4 is 17.8 Å². The number of carbonyl (C=O) groups is 3. The minimum absolute atomic E-state index is 0.0619. The number of likely N-dealkylation sites (tertiary alicyclic amines) is 1. The Balaban J connectivity index is 3.30. The first kappa shape index (κ1) is 12.2. The Labute approximate surface area is 91.3 Å². The molecule has 1 rings (SSSR count). The largest absolute Gasteiger partial charge is 0.396 e. The van der Waals surface area contributed by atoms with Crippen molar-refractivity contribution in [3.05, 3.63) is 0 Å². The third kappa shape index (κ3) is 1.38. The summed E-state index contributed by atoms with van der Waals surface area (Å²) in [6, 6.07) is -0.964. The standard InChI is InChI=1S/C8H14N4O4/c9-5(14)8(6(10)15)4(3-13)1-2-12(8)7(11)16/h4,13H,1-3H2,(H2,9,14)(H2,10,15)(H2,11,16). The second-order valence-electron chi connectivity index (χ2n) is 3.65. The minimum atomic E-state index is -2.01. The van der Waals surface area contributed by atoms with Crippen molar-refractivity contribution in [3.63, 3.8) is 0 Å². The summed E-state index contributed by atoms with van der Waals surface area (Å²) in [4.78, 5) is 34.8. The topological polar surface area (TPSA) is 153 Å². The van der Waals surface area contributed by atoms with Crippen molar-refractivity contribution in [1.29, 1.82) is 0 Å². The molecule has 8 heteroatoms. The van der Waals surface area contributed by atoms with Crippen molar-refractivity contribution in [2.75, 3.05) is 13.2 Å². The highest BCUT2D eigenvalue weighted by Gasteiger charge is 2.59. The van der Waals surface area contributed by atoms with Gasteiger partial charge in [-0.15, -0.1) is 0 Å². The van der Waals surface area contributed by atoms with Gasteiger partial charge in [-0.2, -0.15) is 0 Å². The summed E-state index contributed by atoms with van der Waals surface area (Å²) >= 11 is 0. The van der Waals surface area contributed by atoms with Crippen LogP contribution in [-0.4, -0.2) is 46.5 Å². The number of hydrogen-bond donors (Lipinski definition) is 4. The molecule has 1 atom stereocenters. The number of hydrogen-bond acceptors (Lipinski definition) is 4. The quantitative estimate of drug-likeness (QED) is 0.384. The molecule has 0 radical (unpaired) electrons. The molecule has 1 aliphatic rings. The number of urea groups is 1. The number of carbonyl (C=O) groups excluding carboxylic acids is 3. The van der Waals surface area contributed by atoms with E-state index in [1.54, 1.807) is 0 Å². The Hall–Kier alpha value is -1.83. The summed E-state index contributed by atoms with van der Waals surface area (Å²) in [5, 5.41) is 9.10. The van der Waals surface area contributed by atoms with Gasteiger partial charge < -0.3 is 27.2 Å². The zero-order valence-corrected chi connectivity index (χ0v) is 8.55. The predicted molar refractivity (Wildman–Crippen MR) is 52.6 cm³/mol. The van der Waals surface area contributed by atoms with Gasteiger partial charge in [-0.05, 0) is 6.42 Å². The van der Waals surface area contributed by atoms with Crippen LogP contribution in [0.1, 0.15) is 6.42 Å². The van der Waals surface area contributed by atoms with Crippen molar-refractivity contribution in [2.45, 2.75) is 12.0 Å². The lowest BCUT2D eigenvalue weighted by Crippen LogP contribution is -2.67. The molecule has 0 aromatic rings. The highest BCUT2D eigenvalue weighted by atomic mass is 16.3. The van der Waals surface area contributed by atoms with Gasteiger partial charge >= 0.3 is 6.03 Å². The van der Waals surface area contributed by atoms with Gasteiger partial charge in [0.2, 0.25) is 5.54 Å². The molecule has 1 aliphatic heterocycles. The third-order valence-corrected chi connectivity index (χ3v) is 2.96. The van der Waals surface area contributed by atoms with Gasteiger partial charge in [0.1, 0.15) is 0 Å². The maximum atomic E-state index is 11.4. The smallest absolute Gasteiger partial charge is 0.316 e. The molecule has 0 bridgehead atoms. The van der Waals surface area contributed by atoms with Crippen molar-refractivity contribution < 1.29 is 19.5 Å². The Kier molecular flexibility index (Phi) is 3.04. The van der Waals surface area contributed by atoms with E-state index in [0.717, 1.165) is 4.90 Å². The predicted octanol–water partition coefficient (Wildman–Crippen LogP) is -2.91. The van der Waals surface area contributed by atoms with E-state index in [-0.39, 0.29) is 13.0 Å². The molecule has 4 amide bonds. The van der Waals surface area contributed by atoms with Gasteiger partial charge in [0.05, 0.1) is 0 Å². The number of nitrogens with two attached hydrogens (primary N) is 3. The summed E-state index contributed by atoms with van der Waals surface area (Å²) in [5.41, 5.74) is 13.3. The van der Waals surface area contributed by atoms with Gasteiger partial charge in [0.15, 0.2) is 0 Å². The fraction of sp³-hybridized carbons (Fsp3) is 0.625. The molecular formula is C8H14N4O4. The van der Waals surface area contributed by atoms with E-state index in [2.05, 4.69) is 0 Å². The molecule has 0 aromatic heterocycles. The van der Waals surface area contributed by atoms with Crippen LogP contribution in [0.2, 0.25) is 0 Å². The SMILES string of the molecule is NC(=O)N1CCC(CO)C1(C(N)=O)C(N)=O. The minimum Gasteiger partial charge on any atom is -0.396 e. The molecule has 0 saturated carbocycles. The molecule has 0 spiro atoms. The van der Waals surface area contributed by atoms with Crippen molar-refractivity contribution in [1.82, 2.24) is 4.90 Å². The third-order valence-electron chi connectivity index (χ3n) is 2.96. The maximum Gasteiger partial charge on any atom is 0.316 e. The molecule has 0 aromatic carbocycles. The average Bonchev–Trinajstić information content (AvgIpc) is 2.56. The summed E-state index contributed by atoms with van der Waals surface area (Å²) in [5.74, 6) is -2.96. The van der Waals surface area contributed by atoms with Gasteiger partial charge in [-0.25, -0.2) is 4.79 Å². The highest BCUT2D eigenvalue weighted by Crippen LogP contribution is 2.34. The summed E-state index contributed by atoms with van der Waals surface area (Å²) in [6.07, 6.45) is 0.241. The average molecular weight is 230 g/mol. The number of amides is 4. The van der Waals surface area contributed by atoms with Crippen LogP contribution in [0.15, 0.2) is 0 Å². The van der Waals surface area contributed by atoms with E-state index in [9.17, 15) is 14.4 Å². The van der Waals surface area contributed by atoms with Crippen LogP contribution >= 0.6 is 0 Å². The molecule has 8 nitrogen and oxygen atoms in total. The summed E-state index contributed by atoms with van der Waals surface area (Å²) in [6.45, 7) is -0.415. The first-order valence-electron chi connectivity index (χ1n) is 4.66. The van der Waals surface area contributed by atoms with E-state index >= 15 is 0 Å². The zero-order chi connectivity index (χ0) is 12.5. The molecule has 1 unspecified atom stereocenters.